The molecule has 4 heterocycles. The zero-order valence-corrected chi connectivity index (χ0v) is 13.9. The van der Waals surface area contributed by atoms with E-state index in [1.807, 2.05) is 41.1 Å². The molecule has 0 aromatic carbocycles. The first-order valence-corrected chi connectivity index (χ1v) is 8.52. The van der Waals surface area contributed by atoms with E-state index in [9.17, 15) is 4.79 Å². The van der Waals surface area contributed by atoms with Crippen molar-refractivity contribution in [2.45, 2.75) is 19.4 Å². The number of imidazole rings is 1. The summed E-state index contributed by atoms with van der Waals surface area (Å²) in [5, 5.41) is 3.02. The van der Waals surface area contributed by atoms with Crippen LogP contribution in [0, 0.1) is 5.92 Å². The number of aromatic nitrogens is 4. The third-order valence-electron chi connectivity index (χ3n) is 4.56. The van der Waals surface area contributed by atoms with Gasteiger partial charge in [0, 0.05) is 43.8 Å². The van der Waals surface area contributed by atoms with E-state index < -0.39 is 0 Å². The van der Waals surface area contributed by atoms with Crippen molar-refractivity contribution in [1.82, 2.24) is 24.7 Å². The molecule has 128 valence electrons. The minimum atomic E-state index is 0.0389. The van der Waals surface area contributed by atoms with Gasteiger partial charge in [0.2, 0.25) is 11.9 Å². The van der Waals surface area contributed by atoms with Crippen LogP contribution in [-0.2, 0) is 11.3 Å². The van der Waals surface area contributed by atoms with Crippen LogP contribution in [0.5, 0.6) is 0 Å². The third kappa shape index (κ3) is 3.45. The van der Waals surface area contributed by atoms with Crippen molar-refractivity contribution in [2.24, 2.45) is 5.92 Å². The van der Waals surface area contributed by atoms with Crippen molar-refractivity contribution in [3.63, 3.8) is 0 Å². The van der Waals surface area contributed by atoms with Crippen LogP contribution in [0.15, 0.2) is 49.1 Å². The summed E-state index contributed by atoms with van der Waals surface area (Å²) in [6, 6.07) is 7.67. The lowest BCUT2D eigenvalue weighted by molar-refractivity contribution is -0.125. The predicted octanol–water partition coefficient (Wildman–Crippen LogP) is 1.66. The van der Waals surface area contributed by atoms with Gasteiger partial charge in [-0.25, -0.2) is 15.0 Å². The molecule has 1 aliphatic heterocycles. The van der Waals surface area contributed by atoms with Gasteiger partial charge in [-0.05, 0) is 31.0 Å². The Labute approximate surface area is 145 Å². The van der Waals surface area contributed by atoms with Gasteiger partial charge in [-0.1, -0.05) is 6.07 Å². The quantitative estimate of drug-likeness (QED) is 0.784. The summed E-state index contributed by atoms with van der Waals surface area (Å²) in [7, 11) is 0. The summed E-state index contributed by atoms with van der Waals surface area (Å²) in [5.74, 6) is 0.883. The molecule has 0 atom stereocenters. The molecular formula is C18H20N6O. The predicted molar refractivity (Wildman–Crippen MR) is 94.0 cm³/mol. The van der Waals surface area contributed by atoms with E-state index in [-0.39, 0.29) is 11.8 Å². The molecule has 0 aliphatic carbocycles. The molecule has 0 spiro atoms. The molecular weight excluding hydrogens is 316 g/mol. The first-order chi connectivity index (χ1) is 12.3. The maximum absolute atomic E-state index is 12.4. The second-order valence-electron chi connectivity index (χ2n) is 6.23. The fourth-order valence-electron chi connectivity index (χ4n) is 3.19. The van der Waals surface area contributed by atoms with Crippen LogP contribution in [-0.4, -0.2) is 38.3 Å². The van der Waals surface area contributed by atoms with Gasteiger partial charge >= 0.3 is 0 Å². The molecule has 3 aromatic heterocycles. The lowest BCUT2D eigenvalue weighted by Crippen LogP contribution is -2.41. The number of hydrogen-bond acceptors (Lipinski definition) is 5. The lowest BCUT2D eigenvalue weighted by atomic mass is 9.96. The van der Waals surface area contributed by atoms with E-state index in [1.54, 1.807) is 12.4 Å². The number of nitrogens with one attached hydrogen (secondary N) is 1. The minimum Gasteiger partial charge on any atom is -0.350 e. The van der Waals surface area contributed by atoms with Gasteiger partial charge in [0.05, 0.1) is 12.2 Å². The van der Waals surface area contributed by atoms with Crippen molar-refractivity contribution in [1.29, 1.82) is 0 Å². The lowest BCUT2D eigenvalue weighted by Gasteiger charge is -2.31. The first kappa shape index (κ1) is 15.6. The number of carbonyl (C=O) groups excluding carboxylic acids is 1. The highest BCUT2D eigenvalue weighted by Gasteiger charge is 2.25. The average Bonchev–Trinajstić information content (AvgIpc) is 3.10. The zero-order chi connectivity index (χ0) is 17.1. The molecule has 0 saturated carbocycles. The van der Waals surface area contributed by atoms with Gasteiger partial charge in [-0.15, -0.1) is 0 Å². The number of amides is 1. The highest BCUT2D eigenvalue weighted by atomic mass is 16.1. The number of piperidine rings is 1. The summed E-state index contributed by atoms with van der Waals surface area (Å²) in [4.78, 5) is 27.6. The normalized spacial score (nSPS) is 15.4. The molecule has 3 aromatic rings. The van der Waals surface area contributed by atoms with E-state index in [1.165, 1.54) is 0 Å². The molecule has 0 radical (unpaired) electrons. The van der Waals surface area contributed by atoms with Gasteiger partial charge in [0.15, 0.2) is 0 Å². The maximum atomic E-state index is 12.4. The van der Waals surface area contributed by atoms with Crippen LogP contribution in [0.2, 0.25) is 0 Å². The number of rotatable bonds is 4. The molecule has 4 rings (SSSR count). The molecule has 25 heavy (non-hydrogen) atoms. The topological polar surface area (TPSA) is 75.4 Å². The zero-order valence-electron chi connectivity index (χ0n) is 13.9. The third-order valence-corrected chi connectivity index (χ3v) is 4.56. The molecule has 0 bridgehead atoms. The fraction of sp³-hybridized carbons (Fsp3) is 0.333. The Morgan fingerprint density at radius 3 is 2.72 bits per heavy atom. The van der Waals surface area contributed by atoms with E-state index >= 15 is 0 Å². The Balaban J connectivity index is 1.30. The van der Waals surface area contributed by atoms with Gasteiger partial charge in [-0.3, -0.25) is 4.79 Å². The van der Waals surface area contributed by atoms with Crippen molar-refractivity contribution < 1.29 is 4.79 Å². The Bertz CT molecular complexity index is 821. The highest BCUT2D eigenvalue weighted by molar-refractivity contribution is 5.78. The SMILES string of the molecule is O=C(NCc1cn2ccccc2n1)C1CCN(c2ncccn2)CC1. The van der Waals surface area contributed by atoms with Crippen molar-refractivity contribution in [3.8, 4) is 0 Å². The number of carbonyl (C=O) groups is 1. The largest absolute Gasteiger partial charge is 0.350 e. The van der Waals surface area contributed by atoms with Gasteiger partial charge in [0.1, 0.15) is 5.65 Å². The molecule has 1 amide bonds. The summed E-state index contributed by atoms with van der Waals surface area (Å²) in [6.07, 6.45) is 9.02. The van der Waals surface area contributed by atoms with E-state index in [4.69, 9.17) is 0 Å². The Kier molecular flexibility index (Phi) is 4.28. The summed E-state index contributed by atoms with van der Waals surface area (Å²) in [6.45, 7) is 2.06. The van der Waals surface area contributed by atoms with Gasteiger partial charge < -0.3 is 14.6 Å². The second kappa shape index (κ2) is 6.88. The fourth-order valence-corrected chi connectivity index (χ4v) is 3.19. The second-order valence-corrected chi connectivity index (χ2v) is 6.23. The van der Waals surface area contributed by atoms with Gasteiger partial charge in [0.25, 0.3) is 0 Å². The summed E-state index contributed by atoms with van der Waals surface area (Å²) < 4.78 is 1.96. The number of pyridine rings is 1. The summed E-state index contributed by atoms with van der Waals surface area (Å²) in [5.41, 5.74) is 1.76. The minimum absolute atomic E-state index is 0.0389. The Morgan fingerprint density at radius 1 is 1.16 bits per heavy atom. The van der Waals surface area contributed by atoms with Crippen molar-refractivity contribution in [2.75, 3.05) is 18.0 Å². The van der Waals surface area contributed by atoms with Crippen molar-refractivity contribution >= 4 is 17.5 Å². The van der Waals surface area contributed by atoms with Crippen LogP contribution >= 0.6 is 0 Å². The first-order valence-electron chi connectivity index (χ1n) is 8.52. The van der Waals surface area contributed by atoms with Gasteiger partial charge in [-0.2, -0.15) is 0 Å². The van der Waals surface area contributed by atoms with Crippen LogP contribution < -0.4 is 10.2 Å². The molecule has 7 nitrogen and oxygen atoms in total. The van der Waals surface area contributed by atoms with E-state index in [2.05, 4.69) is 25.2 Å². The van der Waals surface area contributed by atoms with E-state index in [0.717, 1.165) is 43.2 Å². The number of hydrogen-bond donors (Lipinski definition) is 1. The molecule has 0 unspecified atom stereocenters. The van der Waals surface area contributed by atoms with Crippen LogP contribution in [0.1, 0.15) is 18.5 Å². The monoisotopic (exact) mass is 336 g/mol. The molecule has 1 aliphatic rings. The standard InChI is InChI=1S/C18H20N6O/c25-17(21-12-15-13-24-9-2-1-4-16(24)22-15)14-5-10-23(11-6-14)18-19-7-3-8-20-18/h1-4,7-9,13-14H,5-6,10-12H2,(H,21,25). The Morgan fingerprint density at radius 2 is 1.96 bits per heavy atom. The smallest absolute Gasteiger partial charge is 0.225 e. The highest BCUT2D eigenvalue weighted by Crippen LogP contribution is 2.20. The number of anilines is 1. The van der Waals surface area contributed by atoms with Crippen LogP contribution in [0.3, 0.4) is 0 Å². The molecule has 7 heteroatoms. The van der Waals surface area contributed by atoms with Crippen molar-refractivity contribution in [3.05, 3.63) is 54.7 Å². The summed E-state index contributed by atoms with van der Waals surface area (Å²) >= 11 is 0. The number of fused-ring (bicyclic) bond motifs is 1. The number of nitrogens with zero attached hydrogens (tertiary/aromatic N) is 5. The molecule has 1 fully saturated rings. The Hall–Kier alpha value is -2.96. The molecule has 1 N–H and O–H groups in total. The van der Waals surface area contributed by atoms with E-state index in [0.29, 0.717) is 6.54 Å². The van der Waals surface area contributed by atoms with Crippen LogP contribution in [0.4, 0.5) is 5.95 Å². The molecule has 1 saturated heterocycles. The van der Waals surface area contributed by atoms with Crippen LogP contribution in [0.25, 0.3) is 5.65 Å². The average molecular weight is 336 g/mol. The maximum Gasteiger partial charge on any atom is 0.225 e.